The van der Waals surface area contributed by atoms with Crippen molar-refractivity contribution >= 4 is 45.3 Å². The van der Waals surface area contributed by atoms with Crippen LogP contribution in [0, 0.1) is 0 Å². The molecule has 0 atom stereocenters. The third kappa shape index (κ3) is 4.83. The van der Waals surface area contributed by atoms with E-state index in [1.54, 1.807) is 0 Å². The van der Waals surface area contributed by atoms with E-state index in [0.717, 1.165) is 12.8 Å². The van der Waals surface area contributed by atoms with Gasteiger partial charge in [-0.05, 0) is 18.5 Å². The minimum absolute atomic E-state index is 0. The van der Waals surface area contributed by atoms with Crippen LogP contribution in [-0.4, -0.2) is 48.9 Å². The zero-order valence-electron chi connectivity index (χ0n) is 6.28. The molecule has 1 aliphatic rings. The number of hydrogen-bond donors (Lipinski definition) is 0. The molecule has 1 rings (SSSR count). The van der Waals surface area contributed by atoms with Crippen molar-refractivity contribution in [3.8, 4) is 0 Å². The van der Waals surface area contributed by atoms with Crippen LogP contribution in [0.15, 0.2) is 0 Å². The Labute approximate surface area is 95.8 Å². The zero-order chi connectivity index (χ0) is 6.91. The molecular formula is C5H11CaO4P. The molecule has 2 N–H and O–H groups in total. The molecule has 4 nitrogen and oxygen atoms in total. The molecule has 0 heterocycles. The first-order valence-corrected chi connectivity index (χ1v) is 4.73. The summed E-state index contributed by atoms with van der Waals surface area (Å²) in [6.45, 7) is 0. The topological polar surface area (TPSA) is 94.7 Å². The van der Waals surface area contributed by atoms with Gasteiger partial charge in [0.1, 0.15) is 0 Å². The van der Waals surface area contributed by atoms with Crippen LogP contribution in [0.1, 0.15) is 25.7 Å². The molecule has 0 saturated heterocycles. The SMILES string of the molecule is O.O=P([O-])([O-])C1CCCC1.[Ca+2]. The van der Waals surface area contributed by atoms with E-state index in [1.807, 2.05) is 0 Å². The van der Waals surface area contributed by atoms with E-state index >= 15 is 0 Å². The summed E-state index contributed by atoms with van der Waals surface area (Å²) < 4.78 is 10.3. The Morgan fingerprint density at radius 3 is 1.73 bits per heavy atom. The summed E-state index contributed by atoms with van der Waals surface area (Å²) in [7, 11) is -4.21. The number of rotatable bonds is 1. The summed E-state index contributed by atoms with van der Waals surface area (Å²) in [6.07, 6.45) is 2.98. The second kappa shape index (κ2) is 5.92. The van der Waals surface area contributed by atoms with Gasteiger partial charge in [-0.15, -0.1) is 0 Å². The minimum atomic E-state index is -4.21. The molecule has 0 aromatic rings. The van der Waals surface area contributed by atoms with Gasteiger partial charge in [-0.25, -0.2) is 0 Å². The average molecular weight is 206 g/mol. The van der Waals surface area contributed by atoms with E-state index in [9.17, 15) is 14.4 Å². The van der Waals surface area contributed by atoms with Gasteiger partial charge in [0.15, 0.2) is 0 Å². The summed E-state index contributed by atoms with van der Waals surface area (Å²) in [5.41, 5.74) is -0.544. The van der Waals surface area contributed by atoms with Gasteiger partial charge in [0.25, 0.3) is 0 Å². The van der Waals surface area contributed by atoms with Gasteiger partial charge >= 0.3 is 37.7 Å². The molecule has 1 aliphatic carbocycles. The molecule has 0 bridgehead atoms. The Kier molecular flexibility index (Phi) is 8.00. The maximum atomic E-state index is 10.3. The molecule has 0 unspecified atom stereocenters. The first kappa shape index (κ1) is 14.9. The molecular weight excluding hydrogens is 195 g/mol. The summed E-state index contributed by atoms with van der Waals surface area (Å²) in [5, 5.41) is 0. The summed E-state index contributed by atoms with van der Waals surface area (Å²) >= 11 is 0. The standard InChI is InChI=1S/C5H11O3P.Ca.H2O/c6-9(7,8)5-3-1-2-4-5;;/h5H,1-4H2,(H2,6,7,8);;1H2/q;+2;/p-2. The maximum absolute atomic E-state index is 10.3. The van der Waals surface area contributed by atoms with E-state index in [0.29, 0.717) is 12.8 Å². The average Bonchev–Trinajstić information content (AvgIpc) is 2.08. The summed E-state index contributed by atoms with van der Waals surface area (Å²) in [6, 6.07) is 0. The summed E-state index contributed by atoms with van der Waals surface area (Å²) in [4.78, 5) is 20.6. The van der Waals surface area contributed by atoms with Crippen molar-refractivity contribution in [2.75, 3.05) is 0 Å². The molecule has 0 amide bonds. The Balaban J connectivity index is 0. The van der Waals surface area contributed by atoms with Gasteiger partial charge in [0.2, 0.25) is 0 Å². The van der Waals surface area contributed by atoms with Gasteiger partial charge < -0.3 is 19.8 Å². The second-order valence-corrected chi connectivity index (χ2v) is 4.29. The quantitative estimate of drug-likeness (QED) is 0.391. The fraction of sp³-hybridized carbons (Fsp3) is 1.00. The third-order valence-corrected chi connectivity index (χ3v) is 3.18. The molecule has 0 radical (unpaired) electrons. The molecule has 0 aliphatic heterocycles. The van der Waals surface area contributed by atoms with Crippen LogP contribution in [0.4, 0.5) is 0 Å². The molecule has 1 saturated carbocycles. The first-order chi connectivity index (χ1) is 4.11. The molecule has 0 spiro atoms. The second-order valence-electron chi connectivity index (χ2n) is 2.48. The minimum Gasteiger partial charge on any atom is -0.811 e. The Morgan fingerprint density at radius 2 is 1.55 bits per heavy atom. The molecule has 0 aromatic heterocycles. The van der Waals surface area contributed by atoms with E-state index in [2.05, 4.69) is 0 Å². The molecule has 1 fully saturated rings. The van der Waals surface area contributed by atoms with Crippen LogP contribution in [0.3, 0.4) is 0 Å². The van der Waals surface area contributed by atoms with Crippen molar-refractivity contribution in [2.24, 2.45) is 0 Å². The van der Waals surface area contributed by atoms with Gasteiger partial charge in [-0.1, -0.05) is 20.4 Å². The van der Waals surface area contributed by atoms with E-state index in [4.69, 9.17) is 0 Å². The van der Waals surface area contributed by atoms with Crippen molar-refractivity contribution < 1.29 is 19.8 Å². The predicted molar refractivity (Wildman–Crippen MR) is 39.2 cm³/mol. The van der Waals surface area contributed by atoms with Crippen molar-refractivity contribution in [3.63, 3.8) is 0 Å². The monoisotopic (exact) mass is 206 g/mol. The van der Waals surface area contributed by atoms with E-state index in [1.165, 1.54) is 0 Å². The van der Waals surface area contributed by atoms with E-state index in [-0.39, 0.29) is 43.2 Å². The van der Waals surface area contributed by atoms with Crippen molar-refractivity contribution in [1.82, 2.24) is 0 Å². The summed E-state index contributed by atoms with van der Waals surface area (Å²) in [5.74, 6) is 0. The Hall–Kier alpha value is 1.37. The van der Waals surface area contributed by atoms with Crippen molar-refractivity contribution in [1.29, 1.82) is 0 Å². The first-order valence-electron chi connectivity index (χ1n) is 3.12. The third-order valence-electron chi connectivity index (χ3n) is 1.77. The molecule has 0 aromatic carbocycles. The molecule has 6 heteroatoms. The number of hydrogen-bond acceptors (Lipinski definition) is 3. The van der Waals surface area contributed by atoms with Gasteiger partial charge in [0, 0.05) is 0 Å². The van der Waals surface area contributed by atoms with Crippen LogP contribution in [-0.2, 0) is 4.57 Å². The zero-order valence-corrected chi connectivity index (χ0v) is 9.39. The van der Waals surface area contributed by atoms with Crippen molar-refractivity contribution in [3.05, 3.63) is 0 Å². The smallest absolute Gasteiger partial charge is 0.811 e. The fourth-order valence-corrected chi connectivity index (χ4v) is 2.22. The van der Waals surface area contributed by atoms with Crippen LogP contribution in [0.2, 0.25) is 0 Å². The largest absolute Gasteiger partial charge is 2.00 e. The van der Waals surface area contributed by atoms with Crippen LogP contribution in [0.25, 0.3) is 0 Å². The van der Waals surface area contributed by atoms with Crippen LogP contribution < -0.4 is 9.79 Å². The van der Waals surface area contributed by atoms with Crippen LogP contribution >= 0.6 is 7.60 Å². The Bertz CT molecular complexity index is 139. The van der Waals surface area contributed by atoms with Gasteiger partial charge in [-0.2, -0.15) is 0 Å². The molecule has 62 valence electrons. The normalized spacial score (nSPS) is 18.7. The maximum Gasteiger partial charge on any atom is 2.00 e. The Morgan fingerprint density at radius 1 is 1.18 bits per heavy atom. The van der Waals surface area contributed by atoms with Gasteiger partial charge in [0.05, 0.1) is 0 Å². The van der Waals surface area contributed by atoms with Crippen molar-refractivity contribution in [2.45, 2.75) is 31.3 Å². The fourth-order valence-electron chi connectivity index (χ4n) is 1.22. The molecule has 11 heavy (non-hydrogen) atoms. The van der Waals surface area contributed by atoms with Crippen LogP contribution in [0.5, 0.6) is 0 Å². The predicted octanol–water partition coefficient (Wildman–Crippen LogP) is -1.36. The van der Waals surface area contributed by atoms with Gasteiger partial charge in [-0.3, -0.25) is 0 Å². The van der Waals surface area contributed by atoms with E-state index < -0.39 is 13.3 Å².